The highest BCUT2D eigenvalue weighted by molar-refractivity contribution is 5.85. The quantitative estimate of drug-likeness (QED) is 0.782. The van der Waals surface area contributed by atoms with Gasteiger partial charge in [-0.15, -0.1) is 12.4 Å². The Labute approximate surface area is 86.5 Å². The Morgan fingerprint density at radius 3 is 2.21 bits per heavy atom. The highest BCUT2D eigenvalue weighted by atomic mass is 35.5. The van der Waals surface area contributed by atoms with Crippen LogP contribution in [0.2, 0.25) is 0 Å². The predicted octanol–water partition coefficient (Wildman–Crippen LogP) is 2.89. The molecular weight excluding hydrogens is 215 g/mol. The second kappa shape index (κ2) is 4.66. The Bertz CT molecular complexity index is 309. The zero-order chi connectivity index (χ0) is 10.1. The van der Waals surface area contributed by atoms with Crippen LogP contribution in [0, 0.1) is 6.92 Å². The minimum atomic E-state index is -4.28. The first kappa shape index (κ1) is 13.3. The molecule has 1 rings (SSSR count). The van der Waals surface area contributed by atoms with E-state index in [0.29, 0.717) is 11.1 Å². The third-order valence-corrected chi connectivity index (χ3v) is 1.70. The van der Waals surface area contributed by atoms with E-state index in [-0.39, 0.29) is 19.0 Å². The molecule has 0 saturated heterocycles. The van der Waals surface area contributed by atoms with Crippen LogP contribution in [0.15, 0.2) is 18.2 Å². The van der Waals surface area contributed by atoms with Crippen LogP contribution in [0.25, 0.3) is 0 Å². The molecule has 0 aromatic heterocycles. The smallest absolute Gasteiger partial charge is 0.326 e. The third kappa shape index (κ3) is 3.20. The van der Waals surface area contributed by atoms with Gasteiger partial charge in [0.2, 0.25) is 0 Å². The Balaban J connectivity index is 0.00000169. The zero-order valence-corrected chi connectivity index (χ0v) is 8.38. The highest BCUT2D eigenvalue weighted by Crippen LogP contribution is 2.30. The molecule has 0 fully saturated rings. The summed E-state index contributed by atoms with van der Waals surface area (Å²) >= 11 is 0. The van der Waals surface area contributed by atoms with Gasteiger partial charge in [-0.05, 0) is 24.6 Å². The van der Waals surface area contributed by atoms with Crippen molar-refractivity contribution in [2.45, 2.75) is 19.6 Å². The molecule has 0 unspecified atom stereocenters. The van der Waals surface area contributed by atoms with Crippen LogP contribution in [0.1, 0.15) is 16.7 Å². The molecule has 0 saturated carbocycles. The number of hydrogen-bond acceptors (Lipinski definition) is 1. The van der Waals surface area contributed by atoms with E-state index in [2.05, 4.69) is 0 Å². The van der Waals surface area contributed by atoms with Crippen molar-refractivity contribution < 1.29 is 13.2 Å². The Morgan fingerprint density at radius 1 is 1.21 bits per heavy atom. The molecule has 0 aliphatic carbocycles. The van der Waals surface area contributed by atoms with Crippen molar-refractivity contribution in [2.24, 2.45) is 5.73 Å². The lowest BCUT2D eigenvalue weighted by atomic mass is 10.1. The molecular formula is C9H11ClF3N. The van der Waals surface area contributed by atoms with Crippen molar-refractivity contribution in [2.75, 3.05) is 0 Å². The number of hydrogen-bond donors (Lipinski definition) is 1. The Hall–Kier alpha value is -0.740. The van der Waals surface area contributed by atoms with Gasteiger partial charge in [0.05, 0.1) is 5.56 Å². The average Bonchev–Trinajstić information content (AvgIpc) is 2.01. The van der Waals surface area contributed by atoms with Gasteiger partial charge in [-0.2, -0.15) is 13.2 Å². The number of benzene rings is 1. The molecule has 80 valence electrons. The van der Waals surface area contributed by atoms with E-state index < -0.39 is 11.7 Å². The van der Waals surface area contributed by atoms with Crippen LogP contribution >= 0.6 is 12.4 Å². The van der Waals surface area contributed by atoms with Gasteiger partial charge in [-0.25, -0.2) is 0 Å². The molecule has 0 atom stereocenters. The summed E-state index contributed by atoms with van der Waals surface area (Å²) in [5, 5.41) is 0. The molecule has 0 spiro atoms. The first-order chi connectivity index (χ1) is 5.93. The topological polar surface area (TPSA) is 26.0 Å². The number of rotatable bonds is 1. The fraction of sp³-hybridized carbons (Fsp3) is 0.333. The number of alkyl halides is 3. The fourth-order valence-electron chi connectivity index (χ4n) is 1.14. The molecule has 1 aromatic carbocycles. The summed E-state index contributed by atoms with van der Waals surface area (Å²) in [6.07, 6.45) is -4.28. The maximum atomic E-state index is 12.2. The summed E-state index contributed by atoms with van der Waals surface area (Å²) in [5.41, 5.74) is 5.72. The summed E-state index contributed by atoms with van der Waals surface area (Å²) in [7, 11) is 0. The second-order valence-electron chi connectivity index (χ2n) is 2.91. The van der Waals surface area contributed by atoms with Crippen LogP contribution in [0.4, 0.5) is 13.2 Å². The van der Waals surface area contributed by atoms with Crippen LogP contribution in [0.5, 0.6) is 0 Å². The van der Waals surface area contributed by atoms with Crippen LogP contribution in [-0.4, -0.2) is 0 Å². The van der Waals surface area contributed by atoms with Gasteiger partial charge < -0.3 is 5.73 Å². The maximum absolute atomic E-state index is 12.2. The van der Waals surface area contributed by atoms with Crippen molar-refractivity contribution in [3.63, 3.8) is 0 Å². The fourth-order valence-corrected chi connectivity index (χ4v) is 1.14. The van der Waals surface area contributed by atoms with E-state index >= 15 is 0 Å². The van der Waals surface area contributed by atoms with E-state index in [1.54, 1.807) is 13.0 Å². The number of aryl methyl sites for hydroxylation is 1. The minimum absolute atomic E-state index is 0. The maximum Gasteiger partial charge on any atom is 0.416 e. The lowest BCUT2D eigenvalue weighted by molar-refractivity contribution is -0.137. The van der Waals surface area contributed by atoms with Gasteiger partial charge in [-0.1, -0.05) is 11.6 Å². The van der Waals surface area contributed by atoms with Crippen LogP contribution in [-0.2, 0) is 12.7 Å². The van der Waals surface area contributed by atoms with Crippen LogP contribution in [0.3, 0.4) is 0 Å². The van der Waals surface area contributed by atoms with Gasteiger partial charge in [0.15, 0.2) is 0 Å². The Morgan fingerprint density at radius 2 is 1.79 bits per heavy atom. The second-order valence-corrected chi connectivity index (χ2v) is 2.91. The standard InChI is InChI=1S/C9H10F3N.ClH/c1-6-2-7(5-13)4-8(3-6)9(10,11)12;/h2-4H,5,13H2,1H3;1H. The first-order valence-corrected chi connectivity index (χ1v) is 3.81. The summed E-state index contributed by atoms with van der Waals surface area (Å²) in [4.78, 5) is 0. The van der Waals surface area contributed by atoms with Gasteiger partial charge in [0, 0.05) is 6.54 Å². The SMILES string of the molecule is Cc1cc(CN)cc(C(F)(F)F)c1.Cl. The van der Waals surface area contributed by atoms with Gasteiger partial charge in [0.25, 0.3) is 0 Å². The van der Waals surface area contributed by atoms with E-state index in [1.165, 1.54) is 0 Å². The molecule has 0 radical (unpaired) electrons. The molecule has 14 heavy (non-hydrogen) atoms. The zero-order valence-electron chi connectivity index (χ0n) is 7.56. The third-order valence-electron chi connectivity index (χ3n) is 1.70. The van der Waals surface area contributed by atoms with Crippen LogP contribution < -0.4 is 5.73 Å². The average molecular weight is 226 g/mol. The first-order valence-electron chi connectivity index (χ1n) is 3.81. The Kier molecular flexibility index (Phi) is 4.42. The van der Waals surface area contributed by atoms with E-state index in [9.17, 15) is 13.2 Å². The molecule has 0 heterocycles. The molecule has 0 aliphatic rings. The van der Waals surface area contributed by atoms with Gasteiger partial charge >= 0.3 is 6.18 Å². The van der Waals surface area contributed by atoms with Crippen molar-refractivity contribution in [3.8, 4) is 0 Å². The molecule has 1 aromatic rings. The highest BCUT2D eigenvalue weighted by Gasteiger charge is 2.30. The molecule has 1 nitrogen and oxygen atoms in total. The molecule has 0 aliphatic heterocycles. The predicted molar refractivity (Wildman–Crippen MR) is 51.3 cm³/mol. The number of nitrogens with two attached hydrogens (primary N) is 1. The van der Waals surface area contributed by atoms with Gasteiger partial charge in [0.1, 0.15) is 0 Å². The van der Waals surface area contributed by atoms with Crippen molar-refractivity contribution in [1.29, 1.82) is 0 Å². The summed E-state index contributed by atoms with van der Waals surface area (Å²) in [6, 6.07) is 3.83. The normalized spacial score (nSPS) is 10.9. The van der Waals surface area contributed by atoms with E-state index in [1.807, 2.05) is 0 Å². The lowest BCUT2D eigenvalue weighted by Gasteiger charge is -2.09. The van der Waals surface area contributed by atoms with Gasteiger partial charge in [-0.3, -0.25) is 0 Å². The lowest BCUT2D eigenvalue weighted by Crippen LogP contribution is -2.07. The summed E-state index contributed by atoms with van der Waals surface area (Å²) in [6.45, 7) is 1.75. The van der Waals surface area contributed by atoms with E-state index in [4.69, 9.17) is 5.73 Å². The van der Waals surface area contributed by atoms with Crippen molar-refractivity contribution in [3.05, 3.63) is 34.9 Å². The largest absolute Gasteiger partial charge is 0.416 e. The minimum Gasteiger partial charge on any atom is -0.326 e. The summed E-state index contributed by atoms with van der Waals surface area (Å²) in [5.74, 6) is 0. The van der Waals surface area contributed by atoms with Crippen molar-refractivity contribution >= 4 is 12.4 Å². The number of halogens is 4. The molecule has 2 N–H and O–H groups in total. The molecule has 0 bridgehead atoms. The van der Waals surface area contributed by atoms with E-state index in [0.717, 1.165) is 12.1 Å². The molecule has 5 heteroatoms. The van der Waals surface area contributed by atoms with Crippen molar-refractivity contribution in [1.82, 2.24) is 0 Å². The summed E-state index contributed by atoms with van der Waals surface area (Å²) < 4.78 is 36.7. The monoisotopic (exact) mass is 225 g/mol. The molecule has 0 amide bonds.